The largest absolute Gasteiger partial charge is 0.479 e. The molecule has 1 heterocycles. The maximum absolute atomic E-state index is 14.5. The van der Waals surface area contributed by atoms with Gasteiger partial charge in [-0.25, -0.2) is 9.18 Å². The molecule has 0 aliphatic carbocycles. The van der Waals surface area contributed by atoms with E-state index < -0.39 is 41.3 Å². The minimum Gasteiger partial charge on any atom is -0.479 e. The van der Waals surface area contributed by atoms with Crippen LogP contribution in [0.15, 0.2) is 53.4 Å². The summed E-state index contributed by atoms with van der Waals surface area (Å²) in [5.74, 6) is -4.13. The molecule has 1 aliphatic rings. The first kappa shape index (κ1) is 22.8. The van der Waals surface area contributed by atoms with Crippen molar-refractivity contribution in [3.63, 3.8) is 0 Å². The summed E-state index contributed by atoms with van der Waals surface area (Å²) in [5.41, 5.74) is -2.49. The average Bonchev–Trinajstić information content (AvgIpc) is 3.03. The van der Waals surface area contributed by atoms with E-state index in [-0.39, 0.29) is 16.1 Å². The molecular weight excluding hydrogens is 436 g/mol. The number of carbonyl (C=O) groups is 1. The normalized spacial score (nSPS) is 17.7. The molecule has 0 amide bonds. The minimum absolute atomic E-state index is 0.0360. The lowest BCUT2D eigenvalue weighted by atomic mass is 9.71. The Morgan fingerprint density at radius 3 is 2.42 bits per heavy atom. The van der Waals surface area contributed by atoms with E-state index in [2.05, 4.69) is 4.99 Å². The molecule has 2 N–H and O–H groups in total. The van der Waals surface area contributed by atoms with E-state index >= 15 is 0 Å². The number of carboxylic acids is 1. The Labute approximate surface area is 180 Å². The molecule has 1 atom stereocenters. The molecule has 3 rings (SSSR count). The number of nitrogens with zero attached hydrogens (tertiary/aromatic N) is 1. The molecule has 1 unspecified atom stereocenters. The van der Waals surface area contributed by atoms with E-state index in [0.717, 1.165) is 12.1 Å². The van der Waals surface area contributed by atoms with Gasteiger partial charge in [-0.05, 0) is 29.2 Å². The number of nitrogens with one attached hydrogen (secondary N) is 1. The molecule has 0 saturated carbocycles. The first-order valence-corrected chi connectivity index (χ1v) is 9.64. The SMILES string of the molecule is CC(C)(C)C1=c2ccccc2=NC1(C(=O)O)c1cc(CNC(F)=C(F)F)c(F)cc1Cl. The van der Waals surface area contributed by atoms with Gasteiger partial charge in [-0.15, -0.1) is 0 Å². The van der Waals surface area contributed by atoms with Crippen LogP contribution in [0.3, 0.4) is 0 Å². The summed E-state index contributed by atoms with van der Waals surface area (Å²) in [5, 5.41) is 13.0. The number of rotatable bonds is 5. The van der Waals surface area contributed by atoms with Crippen molar-refractivity contribution < 1.29 is 27.5 Å². The van der Waals surface area contributed by atoms with Crippen molar-refractivity contribution in [2.45, 2.75) is 32.9 Å². The Morgan fingerprint density at radius 2 is 1.84 bits per heavy atom. The van der Waals surface area contributed by atoms with E-state index in [0.29, 0.717) is 16.1 Å². The van der Waals surface area contributed by atoms with E-state index in [1.807, 2.05) is 20.8 Å². The van der Waals surface area contributed by atoms with Crippen LogP contribution in [0.4, 0.5) is 17.6 Å². The van der Waals surface area contributed by atoms with Crippen LogP contribution in [0.1, 0.15) is 31.9 Å². The highest BCUT2D eigenvalue weighted by molar-refractivity contribution is 6.32. The molecular formula is C22H19ClF4N2O2. The van der Waals surface area contributed by atoms with Crippen molar-refractivity contribution in [2.75, 3.05) is 0 Å². The zero-order valence-electron chi connectivity index (χ0n) is 16.9. The third-order valence-electron chi connectivity index (χ3n) is 5.01. The highest BCUT2D eigenvalue weighted by atomic mass is 35.5. The molecule has 0 radical (unpaired) electrons. The van der Waals surface area contributed by atoms with Crippen LogP contribution in [-0.2, 0) is 16.9 Å². The number of halogens is 5. The standard InChI is InChI=1S/C22H19ClF4N2O2/c1-21(2,3)17-12-6-4-5-7-16(12)29-22(17,20(30)31)13-8-11(15(24)9-14(13)23)10-28-19(27)18(25)26/h4-9,28H,10H2,1-3H3,(H,30,31). The zero-order valence-corrected chi connectivity index (χ0v) is 17.6. The zero-order chi connectivity index (χ0) is 23.1. The summed E-state index contributed by atoms with van der Waals surface area (Å²) in [6.07, 6.45) is -2.58. The summed E-state index contributed by atoms with van der Waals surface area (Å²) in [4.78, 5) is 17.2. The fourth-order valence-corrected chi connectivity index (χ4v) is 4.16. The molecule has 0 bridgehead atoms. The third-order valence-corrected chi connectivity index (χ3v) is 5.32. The smallest absolute Gasteiger partial charge is 0.340 e. The molecule has 9 heteroatoms. The number of carboxylic acid groups (broad SMARTS) is 1. The van der Waals surface area contributed by atoms with Crippen molar-refractivity contribution in [2.24, 2.45) is 10.4 Å². The predicted molar refractivity (Wildman–Crippen MR) is 108 cm³/mol. The number of benzene rings is 2. The van der Waals surface area contributed by atoms with Crippen LogP contribution >= 0.6 is 11.6 Å². The topological polar surface area (TPSA) is 61.7 Å². The summed E-state index contributed by atoms with van der Waals surface area (Å²) >= 11 is 6.29. The van der Waals surface area contributed by atoms with Gasteiger partial charge in [-0.1, -0.05) is 50.6 Å². The van der Waals surface area contributed by atoms with E-state index in [1.54, 1.807) is 29.6 Å². The van der Waals surface area contributed by atoms with E-state index in [1.165, 1.54) is 0 Å². The molecule has 164 valence electrons. The maximum atomic E-state index is 14.5. The fraction of sp³-hybridized carbons (Fsp3) is 0.273. The van der Waals surface area contributed by atoms with Crippen LogP contribution in [0.25, 0.3) is 5.57 Å². The molecule has 0 spiro atoms. The average molecular weight is 455 g/mol. The number of para-hydroxylation sites is 1. The van der Waals surface area contributed by atoms with Crippen LogP contribution in [0, 0.1) is 11.2 Å². The summed E-state index contributed by atoms with van der Waals surface area (Å²) < 4.78 is 52.3. The Bertz CT molecular complexity index is 1220. The molecule has 0 aromatic heterocycles. The van der Waals surface area contributed by atoms with Gasteiger partial charge in [0.05, 0.1) is 10.4 Å². The Kier molecular flexibility index (Phi) is 5.88. The number of hydrogen-bond donors (Lipinski definition) is 2. The summed E-state index contributed by atoms with van der Waals surface area (Å²) in [6, 6.07) is 8.88. The quantitative estimate of drug-likeness (QED) is 0.519. The second kappa shape index (κ2) is 8.00. The third kappa shape index (κ3) is 3.92. The van der Waals surface area contributed by atoms with E-state index in [4.69, 9.17) is 11.6 Å². The molecule has 2 aromatic carbocycles. The van der Waals surface area contributed by atoms with Crippen LogP contribution in [-0.4, -0.2) is 11.1 Å². The van der Waals surface area contributed by atoms with Gasteiger partial charge in [-0.2, -0.15) is 13.2 Å². The fourth-order valence-electron chi connectivity index (χ4n) is 3.87. The second-order valence-corrected chi connectivity index (χ2v) is 8.53. The van der Waals surface area contributed by atoms with Gasteiger partial charge in [0.25, 0.3) is 5.95 Å². The maximum Gasteiger partial charge on any atom is 0.340 e. The number of hydrogen-bond acceptors (Lipinski definition) is 3. The lowest BCUT2D eigenvalue weighted by Crippen LogP contribution is -2.40. The van der Waals surface area contributed by atoms with E-state index in [9.17, 15) is 27.5 Å². The number of fused-ring (bicyclic) bond motifs is 1. The number of aliphatic carboxylic acids is 1. The van der Waals surface area contributed by atoms with Gasteiger partial charge in [0, 0.05) is 22.9 Å². The Hall–Kier alpha value is -2.87. The van der Waals surface area contributed by atoms with Crippen molar-refractivity contribution in [3.05, 3.63) is 81.0 Å². The predicted octanol–water partition coefficient (Wildman–Crippen LogP) is 4.41. The summed E-state index contributed by atoms with van der Waals surface area (Å²) in [7, 11) is 0. The second-order valence-electron chi connectivity index (χ2n) is 8.12. The van der Waals surface area contributed by atoms with Crippen LogP contribution in [0.5, 0.6) is 0 Å². The summed E-state index contributed by atoms with van der Waals surface area (Å²) in [6.45, 7) is 4.82. The lowest BCUT2D eigenvalue weighted by molar-refractivity contribution is -0.141. The van der Waals surface area contributed by atoms with Gasteiger partial charge in [-0.3, -0.25) is 4.99 Å². The van der Waals surface area contributed by atoms with Crippen molar-refractivity contribution in [1.29, 1.82) is 0 Å². The van der Waals surface area contributed by atoms with Crippen molar-refractivity contribution in [3.8, 4) is 0 Å². The van der Waals surface area contributed by atoms with Crippen LogP contribution in [0.2, 0.25) is 5.02 Å². The van der Waals surface area contributed by atoms with Gasteiger partial charge >= 0.3 is 12.0 Å². The molecule has 31 heavy (non-hydrogen) atoms. The first-order valence-electron chi connectivity index (χ1n) is 9.26. The van der Waals surface area contributed by atoms with Gasteiger partial charge < -0.3 is 10.4 Å². The Morgan fingerprint density at radius 1 is 1.19 bits per heavy atom. The first-order chi connectivity index (χ1) is 14.4. The van der Waals surface area contributed by atoms with Crippen molar-refractivity contribution in [1.82, 2.24) is 5.32 Å². The lowest BCUT2D eigenvalue weighted by Gasteiger charge is -2.35. The van der Waals surface area contributed by atoms with Gasteiger partial charge in [0.15, 0.2) is 0 Å². The molecule has 1 aliphatic heterocycles. The highest BCUT2D eigenvalue weighted by Gasteiger charge is 2.51. The van der Waals surface area contributed by atoms with Gasteiger partial charge in [0.1, 0.15) is 5.82 Å². The molecule has 4 nitrogen and oxygen atoms in total. The van der Waals surface area contributed by atoms with Crippen LogP contribution < -0.4 is 15.9 Å². The highest BCUT2D eigenvalue weighted by Crippen LogP contribution is 2.47. The molecule has 0 saturated heterocycles. The monoisotopic (exact) mass is 454 g/mol. The Balaban J connectivity index is 2.31. The van der Waals surface area contributed by atoms with Crippen molar-refractivity contribution >= 4 is 23.1 Å². The molecule has 0 fully saturated rings. The molecule has 2 aromatic rings. The minimum atomic E-state index is -2.58. The van der Waals surface area contributed by atoms with Gasteiger partial charge in [0.2, 0.25) is 5.54 Å².